The standard InChI is InChI=1S/C14H16ClN3/c15-13-7-4-8-17-14(13)18-12(10-16)9-11-5-2-1-3-6-11/h1-8,12H,9-10,16H2,(H,17,18). The minimum Gasteiger partial charge on any atom is -0.364 e. The van der Waals surface area contributed by atoms with Crippen LogP contribution in [0, 0.1) is 0 Å². The summed E-state index contributed by atoms with van der Waals surface area (Å²) in [4.78, 5) is 4.21. The van der Waals surface area contributed by atoms with Crippen molar-refractivity contribution in [1.82, 2.24) is 4.98 Å². The largest absolute Gasteiger partial charge is 0.364 e. The van der Waals surface area contributed by atoms with Crippen LogP contribution in [0.15, 0.2) is 48.7 Å². The Labute approximate surface area is 112 Å². The third-order valence-corrected chi connectivity index (χ3v) is 3.01. The predicted octanol–water partition coefficient (Wildman–Crippen LogP) is 2.72. The Morgan fingerprint density at radius 3 is 2.61 bits per heavy atom. The summed E-state index contributed by atoms with van der Waals surface area (Å²) in [7, 11) is 0. The van der Waals surface area contributed by atoms with Gasteiger partial charge < -0.3 is 11.1 Å². The Kier molecular flexibility index (Phi) is 4.56. The fourth-order valence-electron chi connectivity index (χ4n) is 1.78. The Balaban J connectivity index is 2.04. The SMILES string of the molecule is NCC(Cc1ccccc1)Nc1ncccc1Cl. The monoisotopic (exact) mass is 261 g/mol. The summed E-state index contributed by atoms with van der Waals surface area (Å²) < 4.78 is 0. The summed E-state index contributed by atoms with van der Waals surface area (Å²) in [6, 6.07) is 14.0. The van der Waals surface area contributed by atoms with E-state index in [1.165, 1.54) is 5.56 Å². The first-order valence-corrected chi connectivity index (χ1v) is 6.28. The van der Waals surface area contributed by atoms with Crippen LogP contribution >= 0.6 is 11.6 Å². The van der Waals surface area contributed by atoms with E-state index in [0.717, 1.165) is 6.42 Å². The van der Waals surface area contributed by atoms with E-state index >= 15 is 0 Å². The normalized spacial score (nSPS) is 12.1. The topological polar surface area (TPSA) is 50.9 Å². The van der Waals surface area contributed by atoms with Gasteiger partial charge in [-0.05, 0) is 24.1 Å². The number of rotatable bonds is 5. The maximum absolute atomic E-state index is 6.06. The highest BCUT2D eigenvalue weighted by Gasteiger charge is 2.10. The molecule has 0 aliphatic carbocycles. The highest BCUT2D eigenvalue weighted by Crippen LogP contribution is 2.18. The molecule has 3 N–H and O–H groups in total. The molecular formula is C14H16ClN3. The lowest BCUT2D eigenvalue weighted by Crippen LogP contribution is -2.31. The third kappa shape index (κ3) is 3.45. The first-order valence-electron chi connectivity index (χ1n) is 5.90. The van der Waals surface area contributed by atoms with E-state index in [0.29, 0.717) is 17.4 Å². The van der Waals surface area contributed by atoms with Gasteiger partial charge in [-0.15, -0.1) is 0 Å². The number of anilines is 1. The molecule has 18 heavy (non-hydrogen) atoms. The second kappa shape index (κ2) is 6.38. The van der Waals surface area contributed by atoms with E-state index in [-0.39, 0.29) is 6.04 Å². The van der Waals surface area contributed by atoms with Crippen molar-refractivity contribution in [3.63, 3.8) is 0 Å². The van der Waals surface area contributed by atoms with Crippen LogP contribution in [0.2, 0.25) is 5.02 Å². The van der Waals surface area contributed by atoms with Crippen molar-refractivity contribution in [2.75, 3.05) is 11.9 Å². The highest BCUT2D eigenvalue weighted by atomic mass is 35.5. The molecule has 0 aliphatic rings. The molecule has 0 radical (unpaired) electrons. The van der Waals surface area contributed by atoms with Gasteiger partial charge in [-0.3, -0.25) is 0 Å². The number of halogens is 1. The maximum atomic E-state index is 6.06. The number of pyridine rings is 1. The van der Waals surface area contributed by atoms with Gasteiger partial charge in [-0.1, -0.05) is 41.9 Å². The van der Waals surface area contributed by atoms with E-state index in [2.05, 4.69) is 22.4 Å². The van der Waals surface area contributed by atoms with Crippen molar-refractivity contribution < 1.29 is 0 Å². The smallest absolute Gasteiger partial charge is 0.145 e. The van der Waals surface area contributed by atoms with E-state index < -0.39 is 0 Å². The van der Waals surface area contributed by atoms with Gasteiger partial charge in [0.1, 0.15) is 5.82 Å². The average molecular weight is 262 g/mol. The molecule has 0 bridgehead atoms. The van der Waals surface area contributed by atoms with Crippen LogP contribution in [0.1, 0.15) is 5.56 Å². The molecule has 0 aliphatic heterocycles. The number of hydrogen-bond donors (Lipinski definition) is 2. The first kappa shape index (κ1) is 12.9. The van der Waals surface area contributed by atoms with Gasteiger partial charge in [0.2, 0.25) is 0 Å². The van der Waals surface area contributed by atoms with Crippen LogP contribution < -0.4 is 11.1 Å². The van der Waals surface area contributed by atoms with Gasteiger partial charge in [0.25, 0.3) is 0 Å². The second-order valence-electron chi connectivity index (χ2n) is 4.10. The summed E-state index contributed by atoms with van der Waals surface area (Å²) in [5, 5.41) is 3.89. The lowest BCUT2D eigenvalue weighted by atomic mass is 10.1. The second-order valence-corrected chi connectivity index (χ2v) is 4.51. The van der Waals surface area contributed by atoms with Crippen LogP contribution in [0.3, 0.4) is 0 Å². The summed E-state index contributed by atoms with van der Waals surface area (Å²) in [5.74, 6) is 0.686. The first-order chi connectivity index (χ1) is 8.79. The molecule has 0 fully saturated rings. The predicted molar refractivity (Wildman–Crippen MR) is 75.9 cm³/mol. The van der Waals surface area contributed by atoms with Gasteiger partial charge in [-0.2, -0.15) is 0 Å². The summed E-state index contributed by atoms with van der Waals surface area (Å²) >= 11 is 6.06. The lowest BCUT2D eigenvalue weighted by Gasteiger charge is -2.18. The van der Waals surface area contributed by atoms with Gasteiger partial charge >= 0.3 is 0 Å². The molecular weight excluding hydrogens is 246 g/mol. The molecule has 1 unspecified atom stereocenters. The van der Waals surface area contributed by atoms with Gasteiger partial charge in [-0.25, -0.2) is 4.98 Å². The molecule has 3 nitrogen and oxygen atoms in total. The average Bonchev–Trinajstić information content (AvgIpc) is 2.41. The number of nitrogens with two attached hydrogens (primary N) is 1. The van der Waals surface area contributed by atoms with Crippen LogP contribution in [-0.2, 0) is 6.42 Å². The van der Waals surface area contributed by atoms with Crippen molar-refractivity contribution in [1.29, 1.82) is 0 Å². The van der Waals surface area contributed by atoms with Gasteiger partial charge in [0.15, 0.2) is 0 Å². The molecule has 0 saturated carbocycles. The number of aromatic nitrogens is 1. The quantitative estimate of drug-likeness (QED) is 0.870. The van der Waals surface area contributed by atoms with E-state index in [1.807, 2.05) is 30.3 Å². The Bertz CT molecular complexity index is 487. The fourth-order valence-corrected chi connectivity index (χ4v) is 1.95. The molecule has 2 aromatic rings. The van der Waals surface area contributed by atoms with Crippen molar-refractivity contribution >= 4 is 17.4 Å². The molecule has 1 heterocycles. The number of hydrogen-bond acceptors (Lipinski definition) is 3. The molecule has 94 valence electrons. The van der Waals surface area contributed by atoms with Crippen molar-refractivity contribution in [2.24, 2.45) is 5.73 Å². The molecule has 2 rings (SSSR count). The fraction of sp³-hybridized carbons (Fsp3) is 0.214. The molecule has 0 amide bonds. The molecule has 4 heteroatoms. The molecule has 1 atom stereocenters. The van der Waals surface area contributed by atoms with Crippen LogP contribution in [0.4, 0.5) is 5.82 Å². The molecule has 0 saturated heterocycles. The number of nitrogens with one attached hydrogen (secondary N) is 1. The molecule has 1 aromatic carbocycles. The van der Waals surface area contributed by atoms with Crippen LogP contribution in [0.25, 0.3) is 0 Å². The van der Waals surface area contributed by atoms with Crippen molar-refractivity contribution in [3.8, 4) is 0 Å². The maximum Gasteiger partial charge on any atom is 0.145 e. The Hall–Kier alpha value is -1.58. The minimum absolute atomic E-state index is 0.125. The Morgan fingerprint density at radius 2 is 1.94 bits per heavy atom. The van der Waals surface area contributed by atoms with Crippen molar-refractivity contribution in [2.45, 2.75) is 12.5 Å². The molecule has 0 spiro atoms. The summed E-state index contributed by atoms with van der Waals surface area (Å²) in [6.07, 6.45) is 2.56. The van der Waals surface area contributed by atoms with E-state index in [4.69, 9.17) is 17.3 Å². The van der Waals surface area contributed by atoms with Crippen molar-refractivity contribution in [3.05, 3.63) is 59.2 Å². The summed E-state index contributed by atoms with van der Waals surface area (Å²) in [6.45, 7) is 0.530. The Morgan fingerprint density at radius 1 is 1.17 bits per heavy atom. The lowest BCUT2D eigenvalue weighted by molar-refractivity contribution is 0.720. The zero-order valence-corrected chi connectivity index (χ0v) is 10.8. The van der Waals surface area contributed by atoms with Gasteiger partial charge in [0.05, 0.1) is 5.02 Å². The molecule has 1 aromatic heterocycles. The number of benzene rings is 1. The third-order valence-electron chi connectivity index (χ3n) is 2.71. The van der Waals surface area contributed by atoms with Gasteiger partial charge in [0, 0.05) is 18.8 Å². The highest BCUT2D eigenvalue weighted by molar-refractivity contribution is 6.32. The van der Waals surface area contributed by atoms with Crippen LogP contribution in [0.5, 0.6) is 0 Å². The summed E-state index contributed by atoms with van der Waals surface area (Å²) in [5.41, 5.74) is 7.03. The zero-order valence-electron chi connectivity index (χ0n) is 10.0. The zero-order chi connectivity index (χ0) is 12.8. The van der Waals surface area contributed by atoms with Crippen LogP contribution in [-0.4, -0.2) is 17.6 Å². The van der Waals surface area contributed by atoms with E-state index in [1.54, 1.807) is 6.20 Å². The number of nitrogens with zero attached hydrogens (tertiary/aromatic N) is 1. The van der Waals surface area contributed by atoms with E-state index in [9.17, 15) is 0 Å². The minimum atomic E-state index is 0.125.